The molecule has 4 nitrogen and oxygen atoms in total. The maximum absolute atomic E-state index is 12.0. The molecule has 0 bridgehead atoms. The van der Waals surface area contributed by atoms with Crippen LogP contribution in [-0.4, -0.2) is 28.6 Å². The summed E-state index contributed by atoms with van der Waals surface area (Å²) in [5, 5.41) is 13.1. The lowest BCUT2D eigenvalue weighted by molar-refractivity contribution is 0.0663. The third-order valence-electron chi connectivity index (χ3n) is 3.63. The Morgan fingerprint density at radius 2 is 2.26 bits per heavy atom. The topological polar surface area (TPSA) is 62.2 Å². The van der Waals surface area contributed by atoms with Gasteiger partial charge in [0.05, 0.1) is 16.7 Å². The molecule has 104 valence electrons. The quantitative estimate of drug-likeness (QED) is 0.894. The largest absolute Gasteiger partial charge is 0.393 e. The van der Waals surface area contributed by atoms with Crippen molar-refractivity contribution in [2.45, 2.75) is 38.7 Å². The summed E-state index contributed by atoms with van der Waals surface area (Å²) in [6.07, 6.45) is 5.16. The van der Waals surface area contributed by atoms with Crippen LogP contribution in [0, 0.1) is 12.8 Å². The van der Waals surface area contributed by atoms with E-state index in [4.69, 9.17) is 11.6 Å². The Morgan fingerprint density at radius 3 is 2.95 bits per heavy atom. The molecule has 2 atom stereocenters. The van der Waals surface area contributed by atoms with Crippen LogP contribution in [-0.2, 0) is 0 Å². The molecule has 0 aliphatic heterocycles. The van der Waals surface area contributed by atoms with Crippen molar-refractivity contribution in [3.63, 3.8) is 0 Å². The summed E-state index contributed by atoms with van der Waals surface area (Å²) in [4.78, 5) is 16.1. The van der Waals surface area contributed by atoms with E-state index in [1.165, 1.54) is 6.20 Å². The Labute approximate surface area is 118 Å². The summed E-state index contributed by atoms with van der Waals surface area (Å²) < 4.78 is 0. The van der Waals surface area contributed by atoms with E-state index in [-0.39, 0.29) is 17.9 Å². The van der Waals surface area contributed by atoms with Gasteiger partial charge in [-0.25, -0.2) is 0 Å². The van der Waals surface area contributed by atoms with Crippen molar-refractivity contribution < 1.29 is 9.90 Å². The number of nitrogens with one attached hydrogen (secondary N) is 1. The molecule has 0 aromatic carbocycles. The average Bonchev–Trinajstić information content (AvgIpc) is 2.37. The third-order valence-corrected chi connectivity index (χ3v) is 3.94. The number of hydrogen-bond donors (Lipinski definition) is 2. The molecule has 1 aromatic heterocycles. The van der Waals surface area contributed by atoms with Crippen LogP contribution in [0.25, 0.3) is 0 Å². The lowest BCUT2D eigenvalue weighted by Crippen LogP contribution is -2.36. The second-order valence-electron chi connectivity index (χ2n) is 5.13. The van der Waals surface area contributed by atoms with Crippen molar-refractivity contribution in [1.82, 2.24) is 10.3 Å². The summed E-state index contributed by atoms with van der Waals surface area (Å²) >= 11 is 6.02. The molecule has 19 heavy (non-hydrogen) atoms. The van der Waals surface area contributed by atoms with Gasteiger partial charge in [0.15, 0.2) is 0 Å². The first-order chi connectivity index (χ1) is 9.08. The van der Waals surface area contributed by atoms with Crippen LogP contribution < -0.4 is 5.32 Å². The summed E-state index contributed by atoms with van der Waals surface area (Å²) in [6.45, 7) is 2.32. The van der Waals surface area contributed by atoms with E-state index < -0.39 is 0 Å². The van der Waals surface area contributed by atoms with Crippen LogP contribution >= 0.6 is 11.6 Å². The number of rotatable bonds is 3. The number of hydrogen-bond acceptors (Lipinski definition) is 3. The molecule has 1 aliphatic rings. The number of carbonyl (C=O) groups is 1. The van der Waals surface area contributed by atoms with E-state index in [1.807, 2.05) is 6.92 Å². The van der Waals surface area contributed by atoms with E-state index in [9.17, 15) is 9.90 Å². The third kappa shape index (κ3) is 3.67. The number of amides is 1. The molecule has 2 N–H and O–H groups in total. The van der Waals surface area contributed by atoms with Crippen LogP contribution in [0.15, 0.2) is 12.3 Å². The predicted molar refractivity (Wildman–Crippen MR) is 74.3 cm³/mol. The van der Waals surface area contributed by atoms with Gasteiger partial charge >= 0.3 is 0 Å². The first kappa shape index (κ1) is 14.3. The SMILES string of the molecule is Cc1cc(Cl)c(C(=O)NCC2CCCCC2O)cn1. The van der Waals surface area contributed by atoms with Crippen LogP contribution in [0.4, 0.5) is 0 Å². The van der Waals surface area contributed by atoms with Crippen molar-refractivity contribution >= 4 is 17.5 Å². The van der Waals surface area contributed by atoms with Gasteiger partial charge in [-0.3, -0.25) is 9.78 Å². The van der Waals surface area contributed by atoms with Crippen molar-refractivity contribution in [3.8, 4) is 0 Å². The fraction of sp³-hybridized carbons (Fsp3) is 0.571. The molecule has 0 saturated heterocycles. The zero-order valence-corrected chi connectivity index (χ0v) is 11.8. The fourth-order valence-corrected chi connectivity index (χ4v) is 2.73. The molecule has 2 unspecified atom stereocenters. The van der Waals surface area contributed by atoms with Crippen molar-refractivity contribution in [1.29, 1.82) is 0 Å². The molecular weight excluding hydrogens is 264 g/mol. The van der Waals surface area contributed by atoms with Crippen LogP contribution in [0.5, 0.6) is 0 Å². The smallest absolute Gasteiger partial charge is 0.254 e. The molecule has 1 saturated carbocycles. The summed E-state index contributed by atoms with van der Waals surface area (Å²) in [5.74, 6) is -0.0786. The minimum absolute atomic E-state index is 0.148. The van der Waals surface area contributed by atoms with Gasteiger partial charge in [0.2, 0.25) is 0 Å². The van der Waals surface area contributed by atoms with Gasteiger partial charge in [0, 0.05) is 24.4 Å². The second kappa shape index (κ2) is 6.35. The lowest BCUT2D eigenvalue weighted by Gasteiger charge is -2.27. The first-order valence-electron chi connectivity index (χ1n) is 6.66. The Morgan fingerprint density at radius 1 is 1.53 bits per heavy atom. The highest BCUT2D eigenvalue weighted by Gasteiger charge is 2.23. The number of nitrogens with zero attached hydrogens (tertiary/aromatic N) is 1. The van der Waals surface area contributed by atoms with E-state index in [1.54, 1.807) is 6.07 Å². The monoisotopic (exact) mass is 282 g/mol. The Balaban J connectivity index is 1.93. The average molecular weight is 283 g/mol. The van der Waals surface area contributed by atoms with Gasteiger partial charge in [-0.05, 0) is 25.8 Å². The molecule has 2 rings (SSSR count). The van der Waals surface area contributed by atoms with Gasteiger partial charge in [0.25, 0.3) is 5.91 Å². The number of aliphatic hydroxyl groups is 1. The van der Waals surface area contributed by atoms with Crippen LogP contribution in [0.1, 0.15) is 41.7 Å². The van der Waals surface area contributed by atoms with Crippen LogP contribution in [0.2, 0.25) is 5.02 Å². The zero-order valence-electron chi connectivity index (χ0n) is 11.0. The van der Waals surface area contributed by atoms with Gasteiger partial charge in [-0.1, -0.05) is 24.4 Å². The molecule has 1 aliphatic carbocycles. The Hall–Kier alpha value is -1.13. The maximum Gasteiger partial charge on any atom is 0.254 e. The van der Waals surface area contributed by atoms with Crippen molar-refractivity contribution in [2.75, 3.05) is 6.54 Å². The molecule has 0 spiro atoms. The maximum atomic E-state index is 12.0. The normalized spacial score (nSPS) is 23.1. The Bertz CT molecular complexity index is 465. The van der Waals surface area contributed by atoms with Crippen LogP contribution in [0.3, 0.4) is 0 Å². The van der Waals surface area contributed by atoms with E-state index in [0.29, 0.717) is 17.1 Å². The summed E-state index contributed by atoms with van der Waals surface area (Å²) in [6, 6.07) is 1.67. The number of aliphatic hydroxyl groups excluding tert-OH is 1. The number of aromatic nitrogens is 1. The molecule has 1 heterocycles. The molecule has 1 aromatic rings. The van der Waals surface area contributed by atoms with Crippen molar-refractivity contribution in [3.05, 3.63) is 28.5 Å². The number of carbonyl (C=O) groups excluding carboxylic acids is 1. The Kier molecular flexibility index (Phi) is 4.77. The summed E-state index contributed by atoms with van der Waals surface area (Å²) in [5.41, 5.74) is 1.17. The summed E-state index contributed by atoms with van der Waals surface area (Å²) in [7, 11) is 0. The van der Waals surface area contributed by atoms with Gasteiger partial charge < -0.3 is 10.4 Å². The zero-order chi connectivity index (χ0) is 13.8. The van der Waals surface area contributed by atoms with Gasteiger partial charge in [-0.2, -0.15) is 0 Å². The van der Waals surface area contributed by atoms with E-state index in [2.05, 4.69) is 10.3 Å². The second-order valence-corrected chi connectivity index (χ2v) is 5.53. The van der Waals surface area contributed by atoms with E-state index >= 15 is 0 Å². The number of halogens is 1. The minimum Gasteiger partial charge on any atom is -0.393 e. The van der Waals surface area contributed by atoms with E-state index in [0.717, 1.165) is 31.4 Å². The highest BCUT2D eigenvalue weighted by molar-refractivity contribution is 6.33. The standard InChI is InChI=1S/C14H19ClN2O2/c1-9-6-12(15)11(8-16-9)14(19)17-7-10-4-2-3-5-13(10)18/h6,8,10,13,18H,2-5,7H2,1H3,(H,17,19). The highest BCUT2D eigenvalue weighted by Crippen LogP contribution is 2.24. The van der Waals surface area contributed by atoms with Crippen molar-refractivity contribution in [2.24, 2.45) is 5.92 Å². The molecule has 5 heteroatoms. The molecule has 0 radical (unpaired) electrons. The lowest BCUT2D eigenvalue weighted by atomic mass is 9.86. The molecule has 1 amide bonds. The predicted octanol–water partition coefficient (Wildman–Crippen LogP) is 2.32. The minimum atomic E-state index is -0.305. The molecular formula is C14H19ClN2O2. The highest BCUT2D eigenvalue weighted by atomic mass is 35.5. The first-order valence-corrected chi connectivity index (χ1v) is 7.04. The van der Waals surface area contributed by atoms with Gasteiger partial charge in [0.1, 0.15) is 0 Å². The van der Waals surface area contributed by atoms with Gasteiger partial charge in [-0.15, -0.1) is 0 Å². The number of aryl methyl sites for hydroxylation is 1. The number of pyridine rings is 1. The fourth-order valence-electron chi connectivity index (χ4n) is 2.44. The molecule has 1 fully saturated rings.